The molecule has 0 aromatic rings. The Hall–Kier alpha value is 1.64. The SMILES string of the molecule is CC.[CH2-]C1(C)CCCC1.[K+]. The Morgan fingerprint density at radius 2 is 1.40 bits per heavy atom. The van der Waals surface area contributed by atoms with Crippen molar-refractivity contribution in [1.82, 2.24) is 0 Å². The summed E-state index contributed by atoms with van der Waals surface area (Å²) in [5, 5.41) is 0. The summed E-state index contributed by atoms with van der Waals surface area (Å²) in [6.45, 7) is 10.3. The van der Waals surface area contributed by atoms with E-state index in [4.69, 9.17) is 0 Å². The van der Waals surface area contributed by atoms with E-state index in [0.29, 0.717) is 5.41 Å². The van der Waals surface area contributed by atoms with Crippen molar-refractivity contribution < 1.29 is 51.4 Å². The Morgan fingerprint density at radius 1 is 1.10 bits per heavy atom. The molecule has 0 amide bonds. The van der Waals surface area contributed by atoms with E-state index in [1.807, 2.05) is 13.8 Å². The molecule has 1 aliphatic carbocycles. The predicted molar refractivity (Wildman–Crippen MR) is 43.3 cm³/mol. The van der Waals surface area contributed by atoms with Crippen molar-refractivity contribution in [1.29, 1.82) is 0 Å². The molecule has 0 radical (unpaired) electrons. The molecule has 56 valence electrons. The van der Waals surface area contributed by atoms with Gasteiger partial charge >= 0.3 is 51.4 Å². The summed E-state index contributed by atoms with van der Waals surface area (Å²) in [4.78, 5) is 0. The quantitative estimate of drug-likeness (QED) is 0.362. The van der Waals surface area contributed by atoms with Gasteiger partial charge in [0.1, 0.15) is 0 Å². The van der Waals surface area contributed by atoms with Crippen molar-refractivity contribution in [3.63, 3.8) is 0 Å². The van der Waals surface area contributed by atoms with Gasteiger partial charge < -0.3 is 6.92 Å². The standard InChI is InChI=1S/C7H13.C2H6.K/c1-7(2)5-3-4-6-7;1-2;/h1,3-6H2,2H3;1-2H3;/q-1;;+1. The second-order valence-electron chi connectivity index (χ2n) is 3.02. The zero-order valence-electron chi connectivity index (χ0n) is 8.04. The van der Waals surface area contributed by atoms with Gasteiger partial charge in [-0.3, -0.25) is 0 Å². The molecule has 10 heavy (non-hydrogen) atoms. The molecule has 1 aliphatic rings. The van der Waals surface area contributed by atoms with Gasteiger partial charge in [0.15, 0.2) is 0 Å². The van der Waals surface area contributed by atoms with Crippen LogP contribution in [0, 0.1) is 12.3 Å². The first-order valence-electron chi connectivity index (χ1n) is 4.06. The summed E-state index contributed by atoms with van der Waals surface area (Å²) in [5.74, 6) is 0. The molecule has 0 nitrogen and oxygen atoms in total. The average Bonchev–Trinajstić information content (AvgIpc) is 2.19. The summed E-state index contributed by atoms with van der Waals surface area (Å²) in [5.41, 5.74) is 0.444. The molecule has 1 saturated carbocycles. The molecule has 1 heteroatoms. The Labute approximate surface area is 109 Å². The van der Waals surface area contributed by atoms with Gasteiger partial charge in [-0.25, -0.2) is 0 Å². The third-order valence-corrected chi connectivity index (χ3v) is 1.81. The summed E-state index contributed by atoms with van der Waals surface area (Å²) < 4.78 is 0. The Bertz CT molecular complexity index is 59.1. The molecule has 0 aliphatic heterocycles. The van der Waals surface area contributed by atoms with Crippen LogP contribution in [-0.4, -0.2) is 0 Å². The van der Waals surface area contributed by atoms with Crippen molar-refractivity contribution in [3.8, 4) is 0 Å². The molecular formula is C9H19K. The van der Waals surface area contributed by atoms with E-state index in [0.717, 1.165) is 0 Å². The van der Waals surface area contributed by atoms with E-state index in [9.17, 15) is 0 Å². The second kappa shape index (κ2) is 7.29. The van der Waals surface area contributed by atoms with E-state index >= 15 is 0 Å². The molecule has 0 saturated heterocycles. The Morgan fingerprint density at radius 3 is 1.50 bits per heavy atom. The monoisotopic (exact) mass is 166 g/mol. The summed E-state index contributed by atoms with van der Waals surface area (Å²) in [6.07, 6.45) is 5.49. The van der Waals surface area contributed by atoms with Gasteiger partial charge in [0, 0.05) is 0 Å². The minimum absolute atomic E-state index is 0. The minimum atomic E-state index is 0. The van der Waals surface area contributed by atoms with E-state index in [-0.39, 0.29) is 51.4 Å². The van der Waals surface area contributed by atoms with Crippen LogP contribution in [0.1, 0.15) is 46.5 Å². The van der Waals surface area contributed by atoms with Crippen molar-refractivity contribution in [2.75, 3.05) is 0 Å². The van der Waals surface area contributed by atoms with Crippen LogP contribution in [0.5, 0.6) is 0 Å². The van der Waals surface area contributed by atoms with E-state index in [1.54, 1.807) is 0 Å². The van der Waals surface area contributed by atoms with Gasteiger partial charge in [0.05, 0.1) is 0 Å². The maximum absolute atomic E-state index is 4.07. The van der Waals surface area contributed by atoms with Crippen LogP contribution in [0.4, 0.5) is 0 Å². The van der Waals surface area contributed by atoms with Crippen molar-refractivity contribution >= 4 is 0 Å². The molecule has 0 atom stereocenters. The van der Waals surface area contributed by atoms with Crippen LogP contribution < -0.4 is 51.4 Å². The second-order valence-corrected chi connectivity index (χ2v) is 3.02. The van der Waals surface area contributed by atoms with Gasteiger partial charge in [-0.2, -0.15) is 5.41 Å². The van der Waals surface area contributed by atoms with E-state index in [2.05, 4.69) is 13.8 Å². The largest absolute Gasteiger partial charge is 1.00 e. The Kier molecular flexibility index (Phi) is 10.3. The number of hydrogen-bond acceptors (Lipinski definition) is 0. The first kappa shape index (κ1) is 14.2. The van der Waals surface area contributed by atoms with Crippen LogP contribution in [-0.2, 0) is 0 Å². The molecule has 0 heterocycles. The van der Waals surface area contributed by atoms with Gasteiger partial charge in [-0.15, -0.1) is 0 Å². The van der Waals surface area contributed by atoms with Gasteiger partial charge in [-0.1, -0.05) is 46.5 Å². The summed E-state index contributed by atoms with van der Waals surface area (Å²) in [7, 11) is 0. The molecule has 0 bridgehead atoms. The average molecular weight is 166 g/mol. The zero-order valence-corrected chi connectivity index (χ0v) is 11.2. The van der Waals surface area contributed by atoms with Crippen LogP contribution >= 0.6 is 0 Å². The molecular weight excluding hydrogens is 147 g/mol. The molecule has 1 rings (SSSR count). The van der Waals surface area contributed by atoms with Gasteiger partial charge in [0.2, 0.25) is 0 Å². The third-order valence-electron chi connectivity index (χ3n) is 1.81. The normalized spacial score (nSPS) is 20.4. The van der Waals surface area contributed by atoms with Crippen LogP contribution in [0.25, 0.3) is 0 Å². The first-order valence-corrected chi connectivity index (χ1v) is 4.06. The van der Waals surface area contributed by atoms with Gasteiger partial charge in [0.25, 0.3) is 0 Å². The molecule has 1 fully saturated rings. The van der Waals surface area contributed by atoms with E-state index < -0.39 is 0 Å². The van der Waals surface area contributed by atoms with Crippen LogP contribution in [0.2, 0.25) is 0 Å². The van der Waals surface area contributed by atoms with Crippen molar-refractivity contribution in [2.45, 2.75) is 46.5 Å². The summed E-state index contributed by atoms with van der Waals surface area (Å²) >= 11 is 0. The topological polar surface area (TPSA) is 0 Å². The van der Waals surface area contributed by atoms with Crippen LogP contribution in [0.3, 0.4) is 0 Å². The summed E-state index contributed by atoms with van der Waals surface area (Å²) in [6, 6.07) is 0. The fourth-order valence-electron chi connectivity index (χ4n) is 1.23. The maximum Gasteiger partial charge on any atom is 1.00 e. The number of rotatable bonds is 0. The van der Waals surface area contributed by atoms with Gasteiger partial charge in [-0.05, 0) is 0 Å². The smallest absolute Gasteiger partial charge is 0.337 e. The molecule has 0 N–H and O–H groups in total. The van der Waals surface area contributed by atoms with Crippen molar-refractivity contribution in [3.05, 3.63) is 6.92 Å². The van der Waals surface area contributed by atoms with Crippen LogP contribution in [0.15, 0.2) is 0 Å². The number of hydrogen-bond donors (Lipinski definition) is 0. The van der Waals surface area contributed by atoms with Crippen molar-refractivity contribution in [2.24, 2.45) is 5.41 Å². The zero-order chi connectivity index (χ0) is 7.33. The maximum atomic E-state index is 4.07. The Balaban J connectivity index is 0. The minimum Gasteiger partial charge on any atom is -0.337 e. The molecule has 0 aromatic heterocycles. The molecule has 0 unspecified atom stereocenters. The fraction of sp³-hybridized carbons (Fsp3) is 0.889. The molecule has 0 aromatic carbocycles. The van der Waals surface area contributed by atoms with E-state index in [1.165, 1.54) is 25.7 Å². The third kappa shape index (κ3) is 6.35. The first-order chi connectivity index (χ1) is 4.21. The fourth-order valence-corrected chi connectivity index (χ4v) is 1.23. The predicted octanol–water partition coefficient (Wildman–Crippen LogP) is 0.431. The molecule has 0 spiro atoms.